The molecular formula is C15H16N2O2. The molecule has 19 heavy (non-hydrogen) atoms. The van der Waals surface area contributed by atoms with Crippen molar-refractivity contribution in [1.82, 2.24) is 4.98 Å². The molecule has 1 aromatic carbocycles. The average Bonchev–Trinajstić information content (AvgIpc) is 2.39. The number of anilines is 1. The molecule has 0 aliphatic rings. The minimum Gasteiger partial charge on any atom is -0.496 e. The highest BCUT2D eigenvalue weighted by Crippen LogP contribution is 2.22. The van der Waals surface area contributed by atoms with Gasteiger partial charge >= 0.3 is 0 Å². The number of nitrogens with zero attached hydrogens (tertiary/aromatic N) is 1. The Kier molecular flexibility index (Phi) is 3.80. The van der Waals surface area contributed by atoms with E-state index in [9.17, 15) is 4.79 Å². The van der Waals surface area contributed by atoms with E-state index in [0.717, 1.165) is 11.1 Å². The quantitative estimate of drug-likeness (QED) is 0.853. The van der Waals surface area contributed by atoms with Crippen molar-refractivity contribution in [3.8, 4) is 5.75 Å². The lowest BCUT2D eigenvalue weighted by molar-refractivity contribution is 0.0988. The summed E-state index contributed by atoms with van der Waals surface area (Å²) >= 11 is 0. The van der Waals surface area contributed by atoms with E-state index in [0.29, 0.717) is 17.1 Å². The SMILES string of the molecule is COc1ccc(C)cc1CC(=O)c1ncccc1N. The van der Waals surface area contributed by atoms with E-state index < -0.39 is 0 Å². The number of carbonyl (C=O) groups is 1. The van der Waals surface area contributed by atoms with Gasteiger partial charge < -0.3 is 10.5 Å². The van der Waals surface area contributed by atoms with Crippen molar-refractivity contribution in [2.75, 3.05) is 12.8 Å². The van der Waals surface area contributed by atoms with E-state index in [1.54, 1.807) is 25.4 Å². The first kappa shape index (κ1) is 13.1. The van der Waals surface area contributed by atoms with Gasteiger partial charge in [-0.3, -0.25) is 9.78 Å². The first-order valence-electron chi connectivity index (χ1n) is 5.99. The second-order valence-corrected chi connectivity index (χ2v) is 4.36. The Morgan fingerprint density at radius 1 is 1.37 bits per heavy atom. The topological polar surface area (TPSA) is 65.2 Å². The number of ketones is 1. The lowest BCUT2D eigenvalue weighted by atomic mass is 10.0. The zero-order valence-electron chi connectivity index (χ0n) is 11.0. The Morgan fingerprint density at radius 3 is 2.84 bits per heavy atom. The molecule has 0 atom stereocenters. The third kappa shape index (κ3) is 2.91. The molecule has 4 heteroatoms. The summed E-state index contributed by atoms with van der Waals surface area (Å²) in [4.78, 5) is 16.3. The molecule has 0 fully saturated rings. The normalized spacial score (nSPS) is 10.2. The van der Waals surface area contributed by atoms with E-state index in [2.05, 4.69) is 4.98 Å². The number of ether oxygens (including phenoxy) is 1. The van der Waals surface area contributed by atoms with Crippen LogP contribution in [0.1, 0.15) is 21.6 Å². The molecular weight excluding hydrogens is 240 g/mol. The van der Waals surface area contributed by atoms with Gasteiger partial charge in [0.1, 0.15) is 11.4 Å². The Balaban J connectivity index is 2.29. The van der Waals surface area contributed by atoms with Gasteiger partial charge in [0.2, 0.25) is 0 Å². The zero-order valence-corrected chi connectivity index (χ0v) is 11.0. The summed E-state index contributed by atoms with van der Waals surface area (Å²) in [7, 11) is 1.59. The predicted molar refractivity (Wildman–Crippen MR) is 74.4 cm³/mol. The van der Waals surface area contributed by atoms with Crippen LogP contribution in [-0.2, 0) is 6.42 Å². The van der Waals surface area contributed by atoms with E-state index >= 15 is 0 Å². The number of aromatic nitrogens is 1. The third-order valence-electron chi connectivity index (χ3n) is 2.89. The van der Waals surface area contributed by atoms with Gasteiger partial charge in [-0.25, -0.2) is 0 Å². The maximum atomic E-state index is 12.2. The van der Waals surface area contributed by atoms with Gasteiger partial charge in [0.05, 0.1) is 12.8 Å². The lowest BCUT2D eigenvalue weighted by Crippen LogP contribution is -2.10. The number of Topliss-reactive ketones (excluding diaryl/α,β-unsaturated/α-hetero) is 1. The number of rotatable bonds is 4. The van der Waals surface area contributed by atoms with Gasteiger partial charge in [-0.1, -0.05) is 17.7 Å². The van der Waals surface area contributed by atoms with Crippen LogP contribution in [0.25, 0.3) is 0 Å². The van der Waals surface area contributed by atoms with Crippen molar-refractivity contribution in [2.24, 2.45) is 0 Å². The van der Waals surface area contributed by atoms with Crippen molar-refractivity contribution in [3.63, 3.8) is 0 Å². The second kappa shape index (κ2) is 5.52. The molecule has 0 bridgehead atoms. The largest absolute Gasteiger partial charge is 0.496 e. The number of hydrogen-bond acceptors (Lipinski definition) is 4. The van der Waals surface area contributed by atoms with Gasteiger partial charge in [0, 0.05) is 18.2 Å². The molecule has 2 rings (SSSR count). The first-order valence-corrected chi connectivity index (χ1v) is 5.99. The molecule has 0 aliphatic carbocycles. The summed E-state index contributed by atoms with van der Waals surface area (Å²) < 4.78 is 5.26. The van der Waals surface area contributed by atoms with Crippen molar-refractivity contribution < 1.29 is 9.53 Å². The molecule has 0 radical (unpaired) electrons. The molecule has 0 spiro atoms. The molecule has 2 N–H and O–H groups in total. The first-order chi connectivity index (χ1) is 9.11. The molecule has 2 aromatic rings. The van der Waals surface area contributed by atoms with E-state index in [1.807, 2.05) is 25.1 Å². The lowest BCUT2D eigenvalue weighted by Gasteiger charge is -2.09. The molecule has 98 valence electrons. The number of hydrogen-bond donors (Lipinski definition) is 1. The smallest absolute Gasteiger partial charge is 0.187 e. The molecule has 4 nitrogen and oxygen atoms in total. The van der Waals surface area contributed by atoms with Gasteiger partial charge in [0.15, 0.2) is 5.78 Å². The third-order valence-corrected chi connectivity index (χ3v) is 2.89. The number of benzene rings is 1. The summed E-state index contributed by atoms with van der Waals surface area (Å²) in [5.41, 5.74) is 8.40. The molecule has 0 saturated heterocycles. The zero-order chi connectivity index (χ0) is 13.8. The highest BCUT2D eigenvalue weighted by Gasteiger charge is 2.14. The Morgan fingerprint density at radius 2 is 2.16 bits per heavy atom. The molecule has 0 unspecified atom stereocenters. The van der Waals surface area contributed by atoms with Crippen LogP contribution in [0.15, 0.2) is 36.5 Å². The van der Waals surface area contributed by atoms with Crippen molar-refractivity contribution in [2.45, 2.75) is 13.3 Å². The monoisotopic (exact) mass is 256 g/mol. The summed E-state index contributed by atoms with van der Waals surface area (Å²) in [6, 6.07) is 9.13. The fourth-order valence-corrected chi connectivity index (χ4v) is 1.95. The van der Waals surface area contributed by atoms with Crippen LogP contribution in [0.3, 0.4) is 0 Å². The number of carbonyl (C=O) groups excluding carboxylic acids is 1. The maximum Gasteiger partial charge on any atom is 0.187 e. The van der Waals surface area contributed by atoms with Crippen molar-refractivity contribution in [1.29, 1.82) is 0 Å². The molecule has 0 aliphatic heterocycles. The molecule has 0 saturated carbocycles. The minimum atomic E-state index is -0.109. The van der Waals surface area contributed by atoms with Crippen molar-refractivity contribution >= 4 is 11.5 Å². The van der Waals surface area contributed by atoms with Crippen molar-refractivity contribution in [3.05, 3.63) is 53.3 Å². The van der Waals surface area contributed by atoms with Crippen LogP contribution in [0, 0.1) is 6.92 Å². The second-order valence-electron chi connectivity index (χ2n) is 4.36. The Bertz CT molecular complexity index is 609. The maximum absolute atomic E-state index is 12.2. The van der Waals surface area contributed by atoms with Gasteiger partial charge in [-0.2, -0.15) is 0 Å². The summed E-state index contributed by atoms with van der Waals surface area (Å²) in [6.45, 7) is 1.97. The van der Waals surface area contributed by atoms with Crippen LogP contribution in [0.5, 0.6) is 5.75 Å². The molecule has 1 heterocycles. The Hall–Kier alpha value is -2.36. The van der Waals surface area contributed by atoms with Crippen LogP contribution >= 0.6 is 0 Å². The van der Waals surface area contributed by atoms with Crippen LogP contribution in [0.2, 0.25) is 0 Å². The fourth-order valence-electron chi connectivity index (χ4n) is 1.95. The average molecular weight is 256 g/mol. The van der Waals surface area contributed by atoms with Crippen LogP contribution in [-0.4, -0.2) is 17.9 Å². The number of nitrogen functional groups attached to an aromatic ring is 1. The predicted octanol–water partition coefficient (Wildman–Crippen LogP) is 2.41. The van der Waals surface area contributed by atoms with Crippen LogP contribution < -0.4 is 10.5 Å². The number of aryl methyl sites for hydroxylation is 1. The van der Waals surface area contributed by atoms with E-state index in [-0.39, 0.29) is 12.2 Å². The van der Waals surface area contributed by atoms with Gasteiger partial charge in [-0.05, 0) is 25.1 Å². The fraction of sp³-hybridized carbons (Fsp3) is 0.200. The minimum absolute atomic E-state index is 0.109. The molecule has 0 amide bonds. The summed E-state index contributed by atoms with van der Waals surface area (Å²) in [5.74, 6) is 0.593. The molecule has 1 aromatic heterocycles. The Labute approximate surface area is 112 Å². The van der Waals surface area contributed by atoms with E-state index in [4.69, 9.17) is 10.5 Å². The standard InChI is InChI=1S/C15H16N2O2/c1-10-5-6-14(19-2)11(8-10)9-13(18)15-12(16)4-3-7-17-15/h3-8H,9,16H2,1-2H3. The highest BCUT2D eigenvalue weighted by molar-refractivity contribution is 6.00. The number of pyridine rings is 1. The van der Waals surface area contributed by atoms with Gasteiger partial charge in [0.25, 0.3) is 0 Å². The number of nitrogens with two attached hydrogens (primary N) is 1. The van der Waals surface area contributed by atoms with Crippen LogP contribution in [0.4, 0.5) is 5.69 Å². The summed E-state index contributed by atoms with van der Waals surface area (Å²) in [5, 5.41) is 0. The van der Waals surface area contributed by atoms with E-state index in [1.165, 1.54) is 0 Å². The van der Waals surface area contributed by atoms with Gasteiger partial charge in [-0.15, -0.1) is 0 Å². The number of methoxy groups -OCH3 is 1. The highest BCUT2D eigenvalue weighted by atomic mass is 16.5. The summed E-state index contributed by atoms with van der Waals surface area (Å²) in [6.07, 6.45) is 1.79.